The molecule has 3 fully saturated rings. The Hall–Kier alpha value is -1.40. The van der Waals surface area contributed by atoms with Crippen LogP contribution in [0.3, 0.4) is 0 Å². The van der Waals surface area contributed by atoms with Crippen molar-refractivity contribution in [3.8, 4) is 0 Å². The first-order chi connectivity index (χ1) is 8.79. The van der Waals surface area contributed by atoms with Gasteiger partial charge in [0.1, 0.15) is 0 Å². The van der Waals surface area contributed by atoms with E-state index in [1.165, 1.54) is 0 Å². The summed E-state index contributed by atoms with van der Waals surface area (Å²) in [7, 11) is 0. The van der Waals surface area contributed by atoms with E-state index >= 15 is 0 Å². The second kappa shape index (κ2) is 3.55. The molecule has 0 saturated carbocycles. The summed E-state index contributed by atoms with van der Waals surface area (Å²) in [6, 6.07) is 2.19. The van der Waals surface area contributed by atoms with E-state index in [9.17, 15) is 4.79 Å². The Morgan fingerprint density at radius 3 is 3.33 bits per heavy atom. The Balaban J connectivity index is 1.60. The number of aromatic amines is 1. The van der Waals surface area contributed by atoms with Crippen molar-refractivity contribution in [1.29, 1.82) is 0 Å². The third-order valence-electron chi connectivity index (χ3n) is 4.44. The number of likely N-dealkylation sites (tertiary alicyclic amines) is 1. The first kappa shape index (κ1) is 10.5. The van der Waals surface area contributed by atoms with Gasteiger partial charge in [0.15, 0.2) is 5.72 Å². The van der Waals surface area contributed by atoms with E-state index in [4.69, 9.17) is 4.74 Å². The van der Waals surface area contributed by atoms with E-state index in [2.05, 4.69) is 15.1 Å². The van der Waals surface area contributed by atoms with Crippen molar-refractivity contribution in [2.75, 3.05) is 19.7 Å². The number of carbonyl (C=O) groups excluding carboxylic acids is 1. The van der Waals surface area contributed by atoms with Crippen molar-refractivity contribution in [2.45, 2.75) is 31.2 Å². The quantitative estimate of drug-likeness (QED) is 0.796. The molecule has 1 aromatic rings. The summed E-state index contributed by atoms with van der Waals surface area (Å²) in [6.45, 7) is 3.23. The van der Waals surface area contributed by atoms with Crippen molar-refractivity contribution < 1.29 is 9.53 Å². The zero-order valence-electron chi connectivity index (χ0n) is 10.1. The molecule has 3 aliphatic rings. The minimum Gasteiger partial charge on any atom is -0.352 e. The summed E-state index contributed by atoms with van der Waals surface area (Å²) < 4.78 is 5.95. The molecule has 1 spiro atoms. The molecule has 1 N–H and O–H groups in total. The number of hydrogen-bond acceptors (Lipinski definition) is 4. The standard InChI is InChI=1S/C12H16N4O2/c17-11-7-10-12(16(11)5-6-18-12)2-4-15(10)8-9-1-3-13-14-9/h1,3,10H,2,4-8H2,(H,13,14)/t10-,12+/m1/s1. The van der Waals surface area contributed by atoms with Crippen molar-refractivity contribution in [3.05, 3.63) is 18.0 Å². The molecule has 3 aliphatic heterocycles. The summed E-state index contributed by atoms with van der Waals surface area (Å²) in [6.07, 6.45) is 3.28. The number of hydrogen-bond donors (Lipinski definition) is 1. The van der Waals surface area contributed by atoms with Crippen molar-refractivity contribution in [3.63, 3.8) is 0 Å². The Kier molecular flexibility index (Phi) is 2.07. The third-order valence-corrected chi connectivity index (χ3v) is 4.44. The van der Waals surface area contributed by atoms with Crippen LogP contribution in [0.5, 0.6) is 0 Å². The predicted molar refractivity (Wildman–Crippen MR) is 62.4 cm³/mol. The van der Waals surface area contributed by atoms with Gasteiger partial charge in [0, 0.05) is 44.4 Å². The average Bonchev–Trinajstić information content (AvgIpc) is 3.07. The van der Waals surface area contributed by atoms with Crippen LogP contribution in [-0.4, -0.2) is 57.4 Å². The van der Waals surface area contributed by atoms with Gasteiger partial charge in [-0.15, -0.1) is 0 Å². The number of amides is 1. The predicted octanol–water partition coefficient (Wildman–Crippen LogP) is -0.0572. The highest BCUT2D eigenvalue weighted by Gasteiger charge is 2.61. The maximum absolute atomic E-state index is 12.0. The second-order valence-electron chi connectivity index (χ2n) is 5.26. The van der Waals surface area contributed by atoms with Crippen LogP contribution in [0.4, 0.5) is 0 Å². The van der Waals surface area contributed by atoms with Crippen LogP contribution in [0, 0.1) is 0 Å². The molecule has 0 unspecified atom stereocenters. The molecule has 2 atom stereocenters. The molecule has 4 heterocycles. The fourth-order valence-corrected chi connectivity index (χ4v) is 3.66. The molecule has 0 aromatic carbocycles. The van der Waals surface area contributed by atoms with Gasteiger partial charge in [0.25, 0.3) is 0 Å². The Labute approximate surface area is 105 Å². The van der Waals surface area contributed by atoms with Gasteiger partial charge in [-0.3, -0.25) is 14.8 Å². The number of ether oxygens (including phenoxy) is 1. The van der Waals surface area contributed by atoms with Crippen LogP contribution in [0.25, 0.3) is 0 Å². The lowest BCUT2D eigenvalue weighted by Gasteiger charge is -2.31. The normalized spacial score (nSPS) is 35.2. The highest BCUT2D eigenvalue weighted by Crippen LogP contribution is 2.45. The Bertz CT molecular complexity index is 474. The highest BCUT2D eigenvalue weighted by atomic mass is 16.5. The van der Waals surface area contributed by atoms with Gasteiger partial charge >= 0.3 is 0 Å². The molecule has 1 aromatic heterocycles. The zero-order valence-corrected chi connectivity index (χ0v) is 10.1. The molecule has 6 nitrogen and oxygen atoms in total. The van der Waals surface area contributed by atoms with Gasteiger partial charge in [-0.25, -0.2) is 0 Å². The van der Waals surface area contributed by atoms with E-state index in [1.807, 2.05) is 11.0 Å². The second-order valence-corrected chi connectivity index (χ2v) is 5.26. The topological polar surface area (TPSA) is 61.5 Å². The minimum atomic E-state index is -0.322. The van der Waals surface area contributed by atoms with Crippen molar-refractivity contribution in [1.82, 2.24) is 20.0 Å². The van der Waals surface area contributed by atoms with Gasteiger partial charge < -0.3 is 9.64 Å². The van der Waals surface area contributed by atoms with Gasteiger partial charge in [-0.1, -0.05) is 0 Å². The number of nitrogens with one attached hydrogen (secondary N) is 1. The fourth-order valence-electron chi connectivity index (χ4n) is 3.66. The third kappa shape index (κ3) is 1.24. The molecule has 0 bridgehead atoms. The van der Waals surface area contributed by atoms with Crippen molar-refractivity contribution in [2.24, 2.45) is 0 Å². The molecule has 6 heteroatoms. The lowest BCUT2D eigenvalue weighted by molar-refractivity contribution is -0.136. The van der Waals surface area contributed by atoms with E-state index in [0.717, 1.165) is 31.7 Å². The van der Waals surface area contributed by atoms with Gasteiger partial charge in [-0.2, -0.15) is 5.10 Å². The Morgan fingerprint density at radius 2 is 2.50 bits per heavy atom. The van der Waals surface area contributed by atoms with E-state index < -0.39 is 0 Å². The maximum Gasteiger partial charge on any atom is 0.226 e. The van der Waals surface area contributed by atoms with Gasteiger partial charge in [0.2, 0.25) is 5.91 Å². The molecule has 4 rings (SSSR count). The lowest BCUT2D eigenvalue weighted by atomic mass is 10.1. The number of rotatable bonds is 2. The van der Waals surface area contributed by atoms with Gasteiger partial charge in [0.05, 0.1) is 12.6 Å². The summed E-state index contributed by atoms with van der Waals surface area (Å²) in [5.74, 6) is 0.242. The molecule has 96 valence electrons. The zero-order chi connectivity index (χ0) is 12.2. The minimum absolute atomic E-state index is 0.204. The first-order valence-corrected chi connectivity index (χ1v) is 6.46. The number of nitrogens with zero attached hydrogens (tertiary/aromatic N) is 3. The number of aromatic nitrogens is 2. The largest absolute Gasteiger partial charge is 0.352 e. The molecular formula is C12H16N4O2. The van der Waals surface area contributed by atoms with E-state index in [-0.39, 0.29) is 17.7 Å². The molecule has 0 radical (unpaired) electrons. The van der Waals surface area contributed by atoms with Gasteiger partial charge in [-0.05, 0) is 6.07 Å². The van der Waals surface area contributed by atoms with Crippen LogP contribution in [0.15, 0.2) is 12.3 Å². The smallest absolute Gasteiger partial charge is 0.226 e. The van der Waals surface area contributed by atoms with Crippen LogP contribution in [0.1, 0.15) is 18.5 Å². The number of carbonyl (C=O) groups is 1. The van der Waals surface area contributed by atoms with Crippen molar-refractivity contribution >= 4 is 5.91 Å². The van der Waals surface area contributed by atoms with Crippen LogP contribution in [-0.2, 0) is 16.1 Å². The lowest BCUT2D eigenvalue weighted by Crippen LogP contribution is -2.47. The van der Waals surface area contributed by atoms with E-state index in [0.29, 0.717) is 13.0 Å². The maximum atomic E-state index is 12.0. The molecule has 3 saturated heterocycles. The summed E-state index contributed by atoms with van der Waals surface area (Å²) in [5, 5.41) is 6.95. The molecule has 1 amide bonds. The Morgan fingerprint density at radius 1 is 1.56 bits per heavy atom. The number of H-pyrrole nitrogens is 1. The summed E-state index contributed by atoms with van der Waals surface area (Å²) in [5.41, 5.74) is 0.771. The van der Waals surface area contributed by atoms with Crippen LogP contribution >= 0.6 is 0 Å². The summed E-state index contributed by atoms with van der Waals surface area (Å²) in [4.78, 5) is 16.3. The van der Waals surface area contributed by atoms with Crippen LogP contribution < -0.4 is 0 Å². The van der Waals surface area contributed by atoms with Crippen LogP contribution in [0.2, 0.25) is 0 Å². The fraction of sp³-hybridized carbons (Fsp3) is 0.667. The monoisotopic (exact) mass is 248 g/mol. The first-order valence-electron chi connectivity index (χ1n) is 6.46. The molecular weight excluding hydrogens is 232 g/mol. The average molecular weight is 248 g/mol. The van der Waals surface area contributed by atoms with E-state index in [1.54, 1.807) is 6.20 Å². The SMILES string of the molecule is O=C1C[C@H]2N(Cc3ccn[nH]3)CC[C@]23OCCN13. The summed E-state index contributed by atoms with van der Waals surface area (Å²) >= 11 is 0. The highest BCUT2D eigenvalue weighted by molar-refractivity contribution is 5.81. The molecule has 0 aliphatic carbocycles. The molecule has 18 heavy (non-hydrogen) atoms.